The summed E-state index contributed by atoms with van der Waals surface area (Å²) >= 11 is 6.03. The van der Waals surface area contributed by atoms with Gasteiger partial charge in [-0.25, -0.2) is 0 Å². The number of benzene rings is 1. The van der Waals surface area contributed by atoms with Gasteiger partial charge in [0, 0.05) is 31.9 Å². The maximum absolute atomic E-state index is 12.3. The second-order valence-corrected chi connectivity index (χ2v) is 4.71. The van der Waals surface area contributed by atoms with Gasteiger partial charge in [-0.1, -0.05) is 17.7 Å². The zero-order chi connectivity index (χ0) is 12.4. The van der Waals surface area contributed by atoms with Gasteiger partial charge in [0.15, 0.2) is 0 Å². The first kappa shape index (κ1) is 12.2. The van der Waals surface area contributed by atoms with Crippen LogP contribution in [0.1, 0.15) is 10.4 Å². The van der Waals surface area contributed by atoms with E-state index in [2.05, 4.69) is 4.90 Å². The number of nitrogens with zero attached hydrogens (tertiary/aromatic N) is 2. The molecule has 92 valence electrons. The minimum Gasteiger partial charge on any atom is -0.398 e. The Bertz CT molecular complexity index is 408. The van der Waals surface area contributed by atoms with Crippen molar-refractivity contribution < 1.29 is 4.79 Å². The summed E-state index contributed by atoms with van der Waals surface area (Å²) in [6.07, 6.45) is 0. The molecule has 0 unspecified atom stereocenters. The van der Waals surface area contributed by atoms with Gasteiger partial charge < -0.3 is 15.5 Å². The molecule has 1 fully saturated rings. The van der Waals surface area contributed by atoms with Crippen molar-refractivity contribution in [2.75, 3.05) is 39.0 Å². The molecule has 0 aromatic heterocycles. The monoisotopic (exact) mass is 253 g/mol. The SMILES string of the molecule is CN1CCN(C(=O)c2c(N)cccc2Cl)CC1. The molecule has 0 spiro atoms. The van der Waals surface area contributed by atoms with Crippen LogP contribution in [-0.4, -0.2) is 48.9 Å². The molecule has 0 aliphatic carbocycles. The van der Waals surface area contributed by atoms with E-state index in [-0.39, 0.29) is 5.91 Å². The number of likely N-dealkylation sites (N-methyl/N-ethyl adjacent to an activating group) is 1. The molecule has 1 saturated heterocycles. The van der Waals surface area contributed by atoms with Crippen LogP contribution in [-0.2, 0) is 0 Å². The van der Waals surface area contributed by atoms with Crippen molar-refractivity contribution >= 4 is 23.2 Å². The minimum atomic E-state index is -0.0683. The number of carbonyl (C=O) groups is 1. The third-order valence-corrected chi connectivity index (χ3v) is 3.37. The molecular formula is C12H16ClN3O. The van der Waals surface area contributed by atoms with Gasteiger partial charge in [0.25, 0.3) is 5.91 Å². The summed E-state index contributed by atoms with van der Waals surface area (Å²) in [6.45, 7) is 3.21. The summed E-state index contributed by atoms with van der Waals surface area (Å²) in [5.41, 5.74) is 6.69. The molecule has 2 rings (SSSR count). The highest BCUT2D eigenvalue weighted by atomic mass is 35.5. The third-order valence-electron chi connectivity index (χ3n) is 3.05. The van der Waals surface area contributed by atoms with E-state index < -0.39 is 0 Å². The summed E-state index contributed by atoms with van der Waals surface area (Å²) in [6, 6.07) is 5.15. The summed E-state index contributed by atoms with van der Waals surface area (Å²) < 4.78 is 0. The third kappa shape index (κ3) is 2.53. The molecule has 1 heterocycles. The van der Waals surface area contributed by atoms with Crippen LogP contribution in [0.3, 0.4) is 0 Å². The second-order valence-electron chi connectivity index (χ2n) is 4.30. The topological polar surface area (TPSA) is 49.6 Å². The molecule has 2 N–H and O–H groups in total. The van der Waals surface area contributed by atoms with E-state index in [1.54, 1.807) is 23.1 Å². The fraction of sp³-hybridized carbons (Fsp3) is 0.417. The average molecular weight is 254 g/mol. The molecule has 1 aromatic rings. The first-order chi connectivity index (χ1) is 8.09. The lowest BCUT2D eigenvalue weighted by Crippen LogP contribution is -2.47. The van der Waals surface area contributed by atoms with Crippen molar-refractivity contribution in [2.45, 2.75) is 0 Å². The number of hydrogen-bond acceptors (Lipinski definition) is 3. The Balaban J connectivity index is 2.20. The van der Waals surface area contributed by atoms with Crippen molar-refractivity contribution in [1.29, 1.82) is 0 Å². The van der Waals surface area contributed by atoms with Gasteiger partial charge in [-0.3, -0.25) is 4.79 Å². The van der Waals surface area contributed by atoms with Crippen LogP contribution in [0.2, 0.25) is 5.02 Å². The Morgan fingerprint density at radius 3 is 2.53 bits per heavy atom. The molecule has 17 heavy (non-hydrogen) atoms. The number of carbonyl (C=O) groups excluding carboxylic acids is 1. The maximum Gasteiger partial charge on any atom is 0.257 e. The van der Waals surface area contributed by atoms with Crippen molar-refractivity contribution in [3.63, 3.8) is 0 Å². The largest absolute Gasteiger partial charge is 0.398 e. The van der Waals surface area contributed by atoms with E-state index in [9.17, 15) is 4.79 Å². The van der Waals surface area contributed by atoms with Gasteiger partial charge in [0.05, 0.1) is 10.6 Å². The summed E-state index contributed by atoms with van der Waals surface area (Å²) in [4.78, 5) is 16.3. The molecule has 1 aliphatic rings. The lowest BCUT2D eigenvalue weighted by molar-refractivity contribution is 0.0665. The van der Waals surface area contributed by atoms with Crippen LogP contribution in [0.4, 0.5) is 5.69 Å². The number of anilines is 1. The van der Waals surface area contributed by atoms with Crippen LogP contribution in [0.25, 0.3) is 0 Å². The van der Waals surface area contributed by atoms with E-state index in [4.69, 9.17) is 17.3 Å². The van der Waals surface area contributed by atoms with Crippen molar-refractivity contribution in [3.8, 4) is 0 Å². The van der Waals surface area contributed by atoms with E-state index >= 15 is 0 Å². The minimum absolute atomic E-state index is 0.0683. The van der Waals surface area contributed by atoms with Gasteiger partial charge in [0.2, 0.25) is 0 Å². The van der Waals surface area contributed by atoms with Crippen LogP contribution in [0.5, 0.6) is 0 Å². The van der Waals surface area contributed by atoms with E-state index in [0.29, 0.717) is 16.3 Å². The summed E-state index contributed by atoms with van der Waals surface area (Å²) in [7, 11) is 2.05. The van der Waals surface area contributed by atoms with Crippen molar-refractivity contribution in [2.24, 2.45) is 0 Å². The fourth-order valence-corrected chi connectivity index (χ4v) is 2.20. The Hall–Kier alpha value is -1.26. The van der Waals surface area contributed by atoms with Crippen LogP contribution < -0.4 is 5.73 Å². The van der Waals surface area contributed by atoms with Gasteiger partial charge in [-0.2, -0.15) is 0 Å². The number of nitrogen functional groups attached to an aromatic ring is 1. The van der Waals surface area contributed by atoms with Gasteiger partial charge in [0.1, 0.15) is 0 Å². The molecule has 0 radical (unpaired) electrons. The first-order valence-electron chi connectivity index (χ1n) is 5.61. The Kier molecular flexibility index (Phi) is 3.54. The van der Waals surface area contributed by atoms with Gasteiger partial charge >= 0.3 is 0 Å². The molecule has 1 aliphatic heterocycles. The van der Waals surface area contributed by atoms with Gasteiger partial charge in [-0.05, 0) is 19.2 Å². The van der Waals surface area contributed by atoms with Crippen LogP contribution in [0, 0.1) is 0 Å². The first-order valence-corrected chi connectivity index (χ1v) is 5.99. The van der Waals surface area contributed by atoms with Crippen LogP contribution >= 0.6 is 11.6 Å². The number of piperazine rings is 1. The smallest absolute Gasteiger partial charge is 0.257 e. The Morgan fingerprint density at radius 2 is 1.94 bits per heavy atom. The predicted molar refractivity (Wildman–Crippen MR) is 69.3 cm³/mol. The zero-order valence-electron chi connectivity index (χ0n) is 9.82. The lowest BCUT2D eigenvalue weighted by atomic mass is 10.1. The lowest BCUT2D eigenvalue weighted by Gasteiger charge is -2.32. The number of hydrogen-bond donors (Lipinski definition) is 1. The highest BCUT2D eigenvalue weighted by Gasteiger charge is 2.23. The predicted octanol–water partition coefficient (Wildman–Crippen LogP) is 1.31. The average Bonchev–Trinajstić information content (AvgIpc) is 2.29. The van der Waals surface area contributed by atoms with E-state index in [1.807, 2.05) is 7.05 Å². The Morgan fingerprint density at radius 1 is 1.29 bits per heavy atom. The second kappa shape index (κ2) is 4.94. The van der Waals surface area contributed by atoms with Crippen LogP contribution in [0.15, 0.2) is 18.2 Å². The molecule has 0 bridgehead atoms. The standard InChI is InChI=1S/C12H16ClN3O/c1-15-5-7-16(8-6-15)12(17)11-9(13)3-2-4-10(11)14/h2-4H,5-8,14H2,1H3. The van der Waals surface area contributed by atoms with E-state index in [0.717, 1.165) is 26.2 Å². The number of amides is 1. The molecule has 0 atom stereocenters. The van der Waals surface area contributed by atoms with E-state index in [1.165, 1.54) is 0 Å². The molecule has 5 heteroatoms. The summed E-state index contributed by atoms with van der Waals surface area (Å²) in [5, 5.41) is 0.425. The molecule has 0 saturated carbocycles. The van der Waals surface area contributed by atoms with Gasteiger partial charge in [-0.15, -0.1) is 0 Å². The molecular weight excluding hydrogens is 238 g/mol. The number of rotatable bonds is 1. The zero-order valence-corrected chi connectivity index (χ0v) is 10.6. The van der Waals surface area contributed by atoms with Crippen molar-refractivity contribution in [1.82, 2.24) is 9.80 Å². The fourth-order valence-electron chi connectivity index (χ4n) is 1.93. The molecule has 4 nitrogen and oxygen atoms in total. The molecule has 1 amide bonds. The molecule has 1 aromatic carbocycles. The Labute approximate surface area is 106 Å². The number of nitrogens with two attached hydrogens (primary N) is 1. The quantitative estimate of drug-likeness (QED) is 0.768. The highest BCUT2D eigenvalue weighted by molar-refractivity contribution is 6.34. The van der Waals surface area contributed by atoms with Crippen molar-refractivity contribution in [3.05, 3.63) is 28.8 Å². The highest BCUT2D eigenvalue weighted by Crippen LogP contribution is 2.23. The number of halogens is 1. The normalized spacial score (nSPS) is 17.2. The maximum atomic E-state index is 12.3. The summed E-state index contributed by atoms with van der Waals surface area (Å²) in [5.74, 6) is -0.0683.